The fraction of sp³-hybridized carbons (Fsp3) is 0.263. The highest BCUT2D eigenvalue weighted by Crippen LogP contribution is 2.31. The van der Waals surface area contributed by atoms with E-state index in [1.54, 1.807) is 17.0 Å². The van der Waals surface area contributed by atoms with E-state index < -0.39 is 12.7 Å². The van der Waals surface area contributed by atoms with Gasteiger partial charge in [-0.25, -0.2) is 0 Å². The van der Waals surface area contributed by atoms with Crippen LogP contribution in [0.3, 0.4) is 0 Å². The van der Waals surface area contributed by atoms with Gasteiger partial charge in [-0.3, -0.25) is 14.3 Å². The molecule has 150 valence electrons. The Labute approximate surface area is 168 Å². The molecular weight excluding hydrogens is 403 g/mol. The zero-order valence-electron chi connectivity index (χ0n) is 15.1. The summed E-state index contributed by atoms with van der Waals surface area (Å²) in [5.41, 5.74) is 2.42. The number of pyridine rings is 1. The van der Waals surface area contributed by atoms with Crippen LogP contribution < -0.4 is 4.90 Å². The maximum atomic E-state index is 13.1. The summed E-state index contributed by atoms with van der Waals surface area (Å²) in [5, 5.41) is 7.88. The second-order valence-electron chi connectivity index (χ2n) is 6.46. The summed E-state index contributed by atoms with van der Waals surface area (Å²) in [6, 6.07) is 10.8. The van der Waals surface area contributed by atoms with Crippen LogP contribution in [0, 0.1) is 0 Å². The molecule has 0 bridgehead atoms. The summed E-state index contributed by atoms with van der Waals surface area (Å²) < 4.78 is 40.4. The van der Waals surface area contributed by atoms with Crippen LogP contribution in [0.5, 0.6) is 0 Å². The van der Waals surface area contributed by atoms with Gasteiger partial charge in [-0.05, 0) is 30.2 Å². The van der Waals surface area contributed by atoms with Crippen LogP contribution >= 0.6 is 11.8 Å². The first-order chi connectivity index (χ1) is 13.9. The summed E-state index contributed by atoms with van der Waals surface area (Å²) in [4.78, 5) is 18.2. The molecule has 0 N–H and O–H groups in total. The Hall–Kier alpha value is -2.88. The molecule has 3 aromatic rings. The van der Waals surface area contributed by atoms with E-state index in [9.17, 15) is 18.0 Å². The molecule has 0 radical (unpaired) electrons. The van der Waals surface area contributed by atoms with Crippen molar-refractivity contribution < 1.29 is 18.0 Å². The van der Waals surface area contributed by atoms with Crippen LogP contribution in [0.25, 0.3) is 11.4 Å². The topological polar surface area (TPSA) is 63.9 Å². The van der Waals surface area contributed by atoms with Crippen LogP contribution in [0.1, 0.15) is 5.56 Å². The molecule has 0 saturated heterocycles. The molecule has 2 aromatic heterocycles. The Kier molecular flexibility index (Phi) is 5.27. The summed E-state index contributed by atoms with van der Waals surface area (Å²) >= 11 is 0.955. The number of carbonyl (C=O) groups excluding carboxylic acids is 1. The van der Waals surface area contributed by atoms with Crippen LogP contribution in [-0.4, -0.2) is 44.1 Å². The summed E-state index contributed by atoms with van der Waals surface area (Å²) in [5.74, 6) is -0.112. The van der Waals surface area contributed by atoms with Gasteiger partial charge < -0.3 is 4.90 Å². The minimum Gasteiger partial charge on any atom is -0.311 e. The van der Waals surface area contributed by atoms with Gasteiger partial charge in [-0.15, -0.1) is 10.2 Å². The van der Waals surface area contributed by atoms with Gasteiger partial charge in [0.1, 0.15) is 6.54 Å². The third-order valence-electron chi connectivity index (χ3n) is 4.51. The smallest absolute Gasteiger partial charge is 0.311 e. The quantitative estimate of drug-likeness (QED) is 0.592. The molecule has 1 amide bonds. The molecule has 10 heteroatoms. The van der Waals surface area contributed by atoms with Gasteiger partial charge >= 0.3 is 6.18 Å². The van der Waals surface area contributed by atoms with Gasteiger partial charge in [0.15, 0.2) is 11.0 Å². The van der Waals surface area contributed by atoms with E-state index in [0.717, 1.165) is 34.0 Å². The predicted molar refractivity (Wildman–Crippen MR) is 103 cm³/mol. The molecule has 1 aliphatic heterocycles. The minimum atomic E-state index is -4.45. The first kappa shape index (κ1) is 19.4. The van der Waals surface area contributed by atoms with E-state index in [-0.39, 0.29) is 22.6 Å². The van der Waals surface area contributed by atoms with Crippen molar-refractivity contribution in [2.45, 2.75) is 24.3 Å². The zero-order valence-corrected chi connectivity index (χ0v) is 16.0. The number of thioether (sulfide) groups is 1. The monoisotopic (exact) mass is 419 g/mol. The lowest BCUT2D eigenvalue weighted by atomic mass is 10.2. The van der Waals surface area contributed by atoms with Gasteiger partial charge in [0.25, 0.3) is 0 Å². The van der Waals surface area contributed by atoms with Crippen molar-refractivity contribution in [2.75, 3.05) is 17.2 Å². The maximum absolute atomic E-state index is 13.1. The Morgan fingerprint density at radius 3 is 2.62 bits per heavy atom. The Balaban J connectivity index is 1.54. The van der Waals surface area contributed by atoms with Crippen LogP contribution in [0.4, 0.5) is 18.9 Å². The Morgan fingerprint density at radius 2 is 1.86 bits per heavy atom. The third-order valence-corrected chi connectivity index (χ3v) is 5.46. The molecule has 1 aliphatic rings. The number of benzene rings is 1. The molecule has 0 spiro atoms. The van der Waals surface area contributed by atoms with E-state index in [0.29, 0.717) is 12.1 Å². The number of hydrogen-bond donors (Lipinski definition) is 0. The summed E-state index contributed by atoms with van der Waals surface area (Å²) in [7, 11) is 0. The minimum absolute atomic E-state index is 0.0271. The normalized spacial score (nSPS) is 13.6. The molecule has 29 heavy (non-hydrogen) atoms. The lowest BCUT2D eigenvalue weighted by Crippen LogP contribution is -2.30. The number of hydrogen-bond acceptors (Lipinski definition) is 5. The second-order valence-corrected chi connectivity index (χ2v) is 7.40. The number of aromatic nitrogens is 4. The highest BCUT2D eigenvalue weighted by atomic mass is 32.2. The van der Waals surface area contributed by atoms with Crippen LogP contribution in [-0.2, 0) is 17.8 Å². The van der Waals surface area contributed by atoms with Gasteiger partial charge in [0.05, 0.1) is 5.75 Å². The van der Waals surface area contributed by atoms with E-state index in [2.05, 4.69) is 15.2 Å². The molecule has 6 nitrogen and oxygen atoms in total. The summed E-state index contributed by atoms with van der Waals surface area (Å²) in [6.07, 6.45) is -0.730. The Bertz CT molecular complexity index is 1020. The number of para-hydroxylation sites is 1. The van der Waals surface area contributed by atoms with Gasteiger partial charge in [0, 0.05) is 30.2 Å². The van der Waals surface area contributed by atoms with Crippen molar-refractivity contribution >= 4 is 23.4 Å². The molecular formula is C19H16F3N5OS. The van der Waals surface area contributed by atoms with E-state index in [1.165, 1.54) is 12.4 Å². The number of halogens is 3. The van der Waals surface area contributed by atoms with Crippen LogP contribution in [0.15, 0.2) is 53.9 Å². The first-order valence-electron chi connectivity index (χ1n) is 8.84. The molecule has 0 saturated carbocycles. The summed E-state index contributed by atoms with van der Waals surface area (Å²) in [6.45, 7) is -0.670. The van der Waals surface area contributed by atoms with Crippen molar-refractivity contribution in [3.8, 4) is 11.4 Å². The number of anilines is 1. The van der Waals surface area contributed by atoms with Gasteiger partial charge in [0.2, 0.25) is 5.91 Å². The molecule has 0 unspecified atom stereocenters. The average molecular weight is 419 g/mol. The van der Waals surface area contributed by atoms with Crippen molar-refractivity contribution in [2.24, 2.45) is 0 Å². The second kappa shape index (κ2) is 7.86. The SMILES string of the molecule is O=C(CSc1nnc(-c2ccncc2)n1CC(F)(F)F)N1CCc2ccccc21. The number of nitrogens with zero attached hydrogens (tertiary/aromatic N) is 5. The number of carbonyl (C=O) groups is 1. The van der Waals surface area contributed by atoms with Crippen molar-refractivity contribution in [1.82, 2.24) is 19.7 Å². The number of amides is 1. The lowest BCUT2D eigenvalue weighted by Gasteiger charge is -2.17. The molecule has 0 fully saturated rings. The number of alkyl halides is 3. The van der Waals surface area contributed by atoms with E-state index >= 15 is 0 Å². The van der Waals surface area contributed by atoms with E-state index in [1.807, 2.05) is 24.3 Å². The fourth-order valence-corrected chi connectivity index (χ4v) is 4.05. The van der Waals surface area contributed by atoms with Crippen molar-refractivity contribution in [3.63, 3.8) is 0 Å². The molecule has 0 atom stereocenters. The van der Waals surface area contributed by atoms with Gasteiger partial charge in [-0.1, -0.05) is 30.0 Å². The maximum Gasteiger partial charge on any atom is 0.406 e. The lowest BCUT2D eigenvalue weighted by molar-refractivity contribution is -0.141. The van der Waals surface area contributed by atoms with Crippen molar-refractivity contribution in [1.29, 1.82) is 0 Å². The van der Waals surface area contributed by atoms with Crippen molar-refractivity contribution in [3.05, 3.63) is 54.4 Å². The molecule has 0 aliphatic carbocycles. The number of fused-ring (bicyclic) bond motifs is 1. The van der Waals surface area contributed by atoms with E-state index in [4.69, 9.17) is 0 Å². The highest BCUT2D eigenvalue weighted by molar-refractivity contribution is 7.99. The molecule has 4 rings (SSSR count). The molecule has 3 heterocycles. The van der Waals surface area contributed by atoms with Crippen LogP contribution in [0.2, 0.25) is 0 Å². The zero-order chi connectivity index (χ0) is 20.4. The first-order valence-corrected chi connectivity index (χ1v) is 9.82. The Morgan fingerprint density at radius 1 is 1.10 bits per heavy atom. The predicted octanol–water partition coefficient (Wildman–Crippen LogP) is 3.58. The van der Waals surface area contributed by atoms with Gasteiger partial charge in [-0.2, -0.15) is 13.2 Å². The fourth-order valence-electron chi connectivity index (χ4n) is 3.23. The molecule has 1 aromatic carbocycles. The largest absolute Gasteiger partial charge is 0.406 e. The third kappa shape index (κ3) is 4.26. The number of rotatable bonds is 5. The highest BCUT2D eigenvalue weighted by Gasteiger charge is 2.32. The standard InChI is InChI=1S/C19H16F3N5OS/c20-19(21,22)12-27-17(14-5-8-23-9-6-14)24-25-18(27)29-11-16(28)26-10-7-13-3-1-2-4-15(13)26/h1-6,8-9H,7,10-12H2. The average Bonchev–Trinajstić information content (AvgIpc) is 3.30.